The third-order valence-corrected chi connectivity index (χ3v) is 3.75. The van der Waals surface area contributed by atoms with Crippen LogP contribution in [0.25, 0.3) is 0 Å². The van der Waals surface area contributed by atoms with Crippen LogP contribution in [0.2, 0.25) is 0 Å². The van der Waals surface area contributed by atoms with E-state index in [-0.39, 0.29) is 0 Å². The second-order valence-electron chi connectivity index (χ2n) is 5.00. The molecular formula is C12H25N3. The minimum Gasteiger partial charge on any atom is -0.314 e. The van der Waals surface area contributed by atoms with Crippen molar-refractivity contribution >= 4 is 0 Å². The van der Waals surface area contributed by atoms with Gasteiger partial charge in [0.1, 0.15) is 0 Å². The highest BCUT2D eigenvalue weighted by Gasteiger charge is 2.19. The molecule has 2 heterocycles. The van der Waals surface area contributed by atoms with E-state index in [0.717, 1.165) is 6.04 Å². The number of likely N-dealkylation sites (tertiary alicyclic amines) is 1. The number of nitrogens with one attached hydrogen (secondary N) is 1. The number of hydrogen-bond donors (Lipinski definition) is 1. The highest BCUT2D eigenvalue weighted by atomic mass is 15.2. The van der Waals surface area contributed by atoms with E-state index in [4.69, 9.17) is 0 Å². The number of piperazine rings is 1. The first kappa shape index (κ1) is 11.4. The lowest BCUT2D eigenvalue weighted by Crippen LogP contribution is -2.51. The third kappa shape index (κ3) is 3.44. The summed E-state index contributed by atoms with van der Waals surface area (Å²) in [6.07, 6.45) is 4.26. The summed E-state index contributed by atoms with van der Waals surface area (Å²) in [5, 5.41) is 3.42. The fraction of sp³-hybridized carbons (Fsp3) is 1.00. The molecule has 0 spiro atoms. The molecule has 88 valence electrons. The molecule has 15 heavy (non-hydrogen) atoms. The molecule has 0 aromatic carbocycles. The molecule has 3 nitrogen and oxygen atoms in total. The Morgan fingerprint density at radius 2 is 1.67 bits per heavy atom. The van der Waals surface area contributed by atoms with Gasteiger partial charge in [0.15, 0.2) is 0 Å². The van der Waals surface area contributed by atoms with E-state index in [2.05, 4.69) is 22.0 Å². The summed E-state index contributed by atoms with van der Waals surface area (Å²) in [5.74, 6) is 0. The fourth-order valence-corrected chi connectivity index (χ4v) is 2.75. The van der Waals surface area contributed by atoms with Crippen molar-refractivity contribution in [1.29, 1.82) is 0 Å². The molecule has 1 unspecified atom stereocenters. The van der Waals surface area contributed by atoms with Gasteiger partial charge >= 0.3 is 0 Å². The van der Waals surface area contributed by atoms with Crippen LogP contribution in [0.3, 0.4) is 0 Å². The van der Waals surface area contributed by atoms with E-state index in [1.54, 1.807) is 0 Å². The first-order chi connectivity index (χ1) is 7.36. The van der Waals surface area contributed by atoms with Gasteiger partial charge in [0.05, 0.1) is 0 Å². The van der Waals surface area contributed by atoms with Crippen LogP contribution in [0.15, 0.2) is 0 Å². The predicted octanol–water partition coefficient (Wildman–Crippen LogP) is 0.766. The Morgan fingerprint density at radius 1 is 1.00 bits per heavy atom. The minimum absolute atomic E-state index is 0.741. The normalized spacial score (nSPS) is 27.8. The van der Waals surface area contributed by atoms with Crippen molar-refractivity contribution in [2.45, 2.75) is 32.2 Å². The van der Waals surface area contributed by atoms with Crippen molar-refractivity contribution in [3.63, 3.8) is 0 Å². The van der Waals surface area contributed by atoms with Gasteiger partial charge in [-0.15, -0.1) is 0 Å². The molecular weight excluding hydrogens is 186 g/mol. The topological polar surface area (TPSA) is 18.5 Å². The standard InChI is InChI=1S/C12H25N3/c1-12(15-9-5-13-6-10-15)11-14-7-3-2-4-8-14/h12-13H,2-11H2,1H3. The molecule has 2 fully saturated rings. The molecule has 2 rings (SSSR count). The Bertz CT molecular complexity index is 172. The predicted molar refractivity (Wildman–Crippen MR) is 64.2 cm³/mol. The lowest BCUT2D eigenvalue weighted by atomic mass is 10.1. The molecule has 3 heteroatoms. The zero-order valence-corrected chi connectivity index (χ0v) is 10.0. The van der Waals surface area contributed by atoms with E-state index >= 15 is 0 Å². The van der Waals surface area contributed by atoms with Crippen LogP contribution < -0.4 is 5.32 Å². The third-order valence-electron chi connectivity index (χ3n) is 3.75. The highest BCUT2D eigenvalue weighted by molar-refractivity contribution is 4.77. The number of hydrogen-bond acceptors (Lipinski definition) is 3. The van der Waals surface area contributed by atoms with Gasteiger partial charge in [0, 0.05) is 38.8 Å². The van der Waals surface area contributed by atoms with Gasteiger partial charge < -0.3 is 10.2 Å². The minimum atomic E-state index is 0.741. The average molecular weight is 211 g/mol. The first-order valence-electron chi connectivity index (χ1n) is 6.53. The summed E-state index contributed by atoms with van der Waals surface area (Å²) in [7, 11) is 0. The summed E-state index contributed by atoms with van der Waals surface area (Å²) < 4.78 is 0. The van der Waals surface area contributed by atoms with E-state index in [1.807, 2.05) is 0 Å². The smallest absolute Gasteiger partial charge is 0.0195 e. The number of nitrogens with zero attached hydrogens (tertiary/aromatic N) is 2. The van der Waals surface area contributed by atoms with Crippen molar-refractivity contribution in [3.8, 4) is 0 Å². The monoisotopic (exact) mass is 211 g/mol. The maximum atomic E-state index is 3.42. The molecule has 2 aliphatic heterocycles. The zero-order valence-electron chi connectivity index (χ0n) is 10.0. The van der Waals surface area contributed by atoms with Crippen LogP contribution in [0, 0.1) is 0 Å². The fourth-order valence-electron chi connectivity index (χ4n) is 2.75. The van der Waals surface area contributed by atoms with Crippen molar-refractivity contribution in [2.75, 3.05) is 45.8 Å². The first-order valence-corrected chi connectivity index (χ1v) is 6.53. The molecule has 2 aliphatic rings. The second kappa shape index (κ2) is 5.83. The zero-order chi connectivity index (χ0) is 10.5. The number of rotatable bonds is 3. The molecule has 0 aromatic heterocycles. The van der Waals surface area contributed by atoms with Crippen molar-refractivity contribution in [1.82, 2.24) is 15.1 Å². The van der Waals surface area contributed by atoms with E-state index in [1.165, 1.54) is 65.1 Å². The summed E-state index contributed by atoms with van der Waals surface area (Å²) in [6.45, 7) is 11.1. The van der Waals surface area contributed by atoms with Crippen LogP contribution >= 0.6 is 0 Å². The Balaban J connectivity index is 1.72. The van der Waals surface area contributed by atoms with Crippen LogP contribution in [-0.2, 0) is 0 Å². The molecule has 1 N–H and O–H groups in total. The van der Waals surface area contributed by atoms with Crippen molar-refractivity contribution < 1.29 is 0 Å². The largest absolute Gasteiger partial charge is 0.314 e. The van der Waals surface area contributed by atoms with Crippen molar-refractivity contribution in [3.05, 3.63) is 0 Å². The lowest BCUT2D eigenvalue weighted by Gasteiger charge is -2.37. The summed E-state index contributed by atoms with van der Waals surface area (Å²) in [4.78, 5) is 5.28. The Hall–Kier alpha value is -0.120. The Labute approximate surface area is 93.8 Å². The van der Waals surface area contributed by atoms with Crippen LogP contribution in [-0.4, -0.2) is 61.7 Å². The average Bonchev–Trinajstić information content (AvgIpc) is 2.31. The SMILES string of the molecule is CC(CN1CCCCC1)N1CCNCC1. The second-order valence-corrected chi connectivity index (χ2v) is 5.00. The number of piperidine rings is 1. The quantitative estimate of drug-likeness (QED) is 0.744. The summed E-state index contributed by atoms with van der Waals surface area (Å²) in [5.41, 5.74) is 0. The molecule has 0 bridgehead atoms. The van der Waals surface area contributed by atoms with Gasteiger partial charge in [-0.3, -0.25) is 4.90 Å². The molecule has 0 radical (unpaired) electrons. The maximum absolute atomic E-state index is 3.42. The Morgan fingerprint density at radius 3 is 2.33 bits per heavy atom. The van der Waals surface area contributed by atoms with E-state index in [0.29, 0.717) is 0 Å². The Kier molecular flexibility index (Phi) is 4.42. The molecule has 1 atom stereocenters. The van der Waals surface area contributed by atoms with Gasteiger partial charge in [-0.1, -0.05) is 6.42 Å². The van der Waals surface area contributed by atoms with E-state index in [9.17, 15) is 0 Å². The van der Waals surface area contributed by atoms with Crippen LogP contribution in [0.5, 0.6) is 0 Å². The summed E-state index contributed by atoms with van der Waals surface area (Å²) in [6, 6.07) is 0.741. The van der Waals surface area contributed by atoms with Gasteiger partial charge in [-0.2, -0.15) is 0 Å². The van der Waals surface area contributed by atoms with Gasteiger partial charge in [0.2, 0.25) is 0 Å². The highest BCUT2D eigenvalue weighted by Crippen LogP contribution is 2.11. The van der Waals surface area contributed by atoms with Gasteiger partial charge in [-0.25, -0.2) is 0 Å². The molecule has 0 aromatic rings. The molecule has 0 aliphatic carbocycles. The van der Waals surface area contributed by atoms with Gasteiger partial charge in [-0.05, 0) is 32.9 Å². The lowest BCUT2D eigenvalue weighted by molar-refractivity contribution is 0.123. The molecule has 0 amide bonds. The van der Waals surface area contributed by atoms with Gasteiger partial charge in [0.25, 0.3) is 0 Å². The molecule has 2 saturated heterocycles. The van der Waals surface area contributed by atoms with Crippen LogP contribution in [0.4, 0.5) is 0 Å². The molecule has 0 saturated carbocycles. The van der Waals surface area contributed by atoms with Crippen LogP contribution in [0.1, 0.15) is 26.2 Å². The van der Waals surface area contributed by atoms with Crippen molar-refractivity contribution in [2.24, 2.45) is 0 Å². The van der Waals surface area contributed by atoms with E-state index < -0.39 is 0 Å². The maximum Gasteiger partial charge on any atom is 0.0195 e. The summed E-state index contributed by atoms with van der Waals surface area (Å²) >= 11 is 0.